The van der Waals surface area contributed by atoms with Crippen LogP contribution in [0.3, 0.4) is 0 Å². The molecule has 0 saturated heterocycles. The lowest BCUT2D eigenvalue weighted by Gasteiger charge is -2.18. The molecule has 1 atom stereocenters. The summed E-state index contributed by atoms with van der Waals surface area (Å²) in [4.78, 5) is 25.6. The van der Waals surface area contributed by atoms with E-state index in [1.165, 1.54) is 0 Å². The molecule has 0 aliphatic carbocycles. The van der Waals surface area contributed by atoms with E-state index in [1.54, 1.807) is 12.1 Å². The van der Waals surface area contributed by atoms with Crippen molar-refractivity contribution in [3.05, 3.63) is 107 Å². The fourth-order valence-electron chi connectivity index (χ4n) is 2.96. The zero-order valence-electron chi connectivity index (χ0n) is 16.2. The highest BCUT2D eigenvalue weighted by Crippen LogP contribution is 2.24. The van der Waals surface area contributed by atoms with Gasteiger partial charge in [-0.1, -0.05) is 90.0 Å². The smallest absolute Gasteiger partial charge is 0.307 e. The number of carbonyl (C=O) groups is 2. The second-order valence-electron chi connectivity index (χ2n) is 7.00. The van der Waals surface area contributed by atoms with Crippen molar-refractivity contribution in [3.8, 4) is 0 Å². The zero-order chi connectivity index (χ0) is 19.9. The monoisotopic (exact) mass is 372 g/mol. The molecule has 0 fully saturated rings. The Labute approximate surface area is 166 Å². The first kappa shape index (κ1) is 19.6. The molecule has 0 heterocycles. The first-order valence-electron chi connectivity index (χ1n) is 9.44. The van der Waals surface area contributed by atoms with Crippen LogP contribution in [0.4, 0.5) is 0 Å². The minimum absolute atomic E-state index is 0.211. The fourth-order valence-corrected chi connectivity index (χ4v) is 2.96. The topological polar surface area (TPSA) is 43.4 Å². The van der Waals surface area contributed by atoms with Gasteiger partial charge in [-0.15, -0.1) is 0 Å². The van der Waals surface area contributed by atoms with Gasteiger partial charge in [0, 0.05) is 17.5 Å². The number of aryl methyl sites for hydroxylation is 3. The van der Waals surface area contributed by atoms with E-state index in [1.807, 2.05) is 80.6 Å². The van der Waals surface area contributed by atoms with Crippen LogP contribution in [0.25, 0.3) is 0 Å². The highest BCUT2D eigenvalue weighted by molar-refractivity contribution is 6.01. The molecule has 0 aromatic heterocycles. The Kier molecular flexibility index (Phi) is 6.38. The molecule has 0 amide bonds. The van der Waals surface area contributed by atoms with E-state index in [0.29, 0.717) is 17.5 Å². The molecule has 0 spiro atoms. The van der Waals surface area contributed by atoms with E-state index < -0.39 is 6.10 Å². The van der Waals surface area contributed by atoms with Crippen LogP contribution >= 0.6 is 0 Å². The maximum Gasteiger partial charge on any atom is 0.307 e. The second kappa shape index (κ2) is 9.14. The van der Waals surface area contributed by atoms with Gasteiger partial charge < -0.3 is 4.74 Å². The zero-order valence-corrected chi connectivity index (χ0v) is 16.2. The summed E-state index contributed by atoms with van der Waals surface area (Å²) < 4.78 is 5.66. The average molecular weight is 372 g/mol. The molecule has 3 rings (SSSR count). The SMILES string of the molecule is Cc1ccc(C(=O)[C@@H](OC(=O)CCc2ccccc2)c2ccc(C)cc2)cc1. The predicted molar refractivity (Wildman–Crippen MR) is 110 cm³/mol. The van der Waals surface area contributed by atoms with Gasteiger partial charge in [0.2, 0.25) is 5.78 Å². The Morgan fingerprint density at radius 2 is 1.36 bits per heavy atom. The molecule has 0 aliphatic heterocycles. The van der Waals surface area contributed by atoms with Crippen molar-refractivity contribution >= 4 is 11.8 Å². The second-order valence-corrected chi connectivity index (χ2v) is 7.00. The molecule has 3 aromatic rings. The number of benzene rings is 3. The third kappa shape index (κ3) is 5.17. The first-order valence-corrected chi connectivity index (χ1v) is 9.44. The van der Waals surface area contributed by atoms with Gasteiger partial charge in [-0.25, -0.2) is 0 Å². The maximum atomic E-state index is 13.1. The number of esters is 1. The summed E-state index contributed by atoms with van der Waals surface area (Å²) in [6.45, 7) is 3.95. The fraction of sp³-hybridized carbons (Fsp3) is 0.200. The Hall–Kier alpha value is -3.20. The summed E-state index contributed by atoms with van der Waals surface area (Å²) in [5.74, 6) is -0.591. The van der Waals surface area contributed by atoms with Crippen LogP contribution in [-0.4, -0.2) is 11.8 Å². The number of ketones is 1. The van der Waals surface area contributed by atoms with E-state index in [2.05, 4.69) is 0 Å². The van der Waals surface area contributed by atoms with Gasteiger partial charge in [0.1, 0.15) is 0 Å². The molecule has 28 heavy (non-hydrogen) atoms. The summed E-state index contributed by atoms with van der Waals surface area (Å²) in [6, 6.07) is 24.6. The molecule has 0 unspecified atom stereocenters. The van der Waals surface area contributed by atoms with Gasteiger partial charge in [0.25, 0.3) is 0 Å². The van der Waals surface area contributed by atoms with Gasteiger partial charge in [-0.3, -0.25) is 9.59 Å². The molecule has 3 aromatic carbocycles. The standard InChI is InChI=1S/C25H24O3/c1-18-8-13-21(14-9-18)24(27)25(22-15-10-19(2)11-16-22)28-23(26)17-12-20-6-4-3-5-7-20/h3-11,13-16,25H,12,17H2,1-2H3/t25-/m0/s1. The van der Waals surface area contributed by atoms with Crippen LogP contribution in [0.5, 0.6) is 0 Å². The molecule has 0 bridgehead atoms. The van der Waals surface area contributed by atoms with E-state index in [-0.39, 0.29) is 18.2 Å². The summed E-state index contributed by atoms with van der Waals surface area (Å²) in [5.41, 5.74) is 4.44. The first-order chi connectivity index (χ1) is 13.5. The van der Waals surface area contributed by atoms with Gasteiger partial charge in [0.15, 0.2) is 6.10 Å². The third-order valence-corrected chi connectivity index (χ3v) is 4.66. The lowest BCUT2D eigenvalue weighted by Crippen LogP contribution is -2.20. The molecular weight excluding hydrogens is 348 g/mol. The van der Waals surface area contributed by atoms with Crippen molar-refractivity contribution in [2.45, 2.75) is 32.8 Å². The summed E-state index contributed by atoms with van der Waals surface area (Å²) in [6.07, 6.45) is -0.126. The Morgan fingerprint density at radius 1 is 0.786 bits per heavy atom. The molecule has 0 saturated carbocycles. The Bertz CT molecular complexity index is 926. The normalized spacial score (nSPS) is 11.6. The van der Waals surface area contributed by atoms with Crippen molar-refractivity contribution in [1.82, 2.24) is 0 Å². The van der Waals surface area contributed by atoms with Crippen LogP contribution < -0.4 is 0 Å². The van der Waals surface area contributed by atoms with Crippen LogP contribution in [0.1, 0.15) is 45.1 Å². The Balaban J connectivity index is 1.77. The van der Waals surface area contributed by atoms with Crippen LogP contribution in [0, 0.1) is 13.8 Å². The molecule has 3 heteroatoms. The van der Waals surface area contributed by atoms with Crippen LogP contribution in [0.2, 0.25) is 0 Å². The summed E-state index contributed by atoms with van der Waals surface area (Å²) >= 11 is 0. The quantitative estimate of drug-likeness (QED) is 0.412. The van der Waals surface area contributed by atoms with Crippen molar-refractivity contribution in [3.63, 3.8) is 0 Å². The van der Waals surface area contributed by atoms with E-state index >= 15 is 0 Å². The molecule has 0 radical (unpaired) electrons. The van der Waals surface area contributed by atoms with Crippen LogP contribution in [-0.2, 0) is 16.0 Å². The summed E-state index contributed by atoms with van der Waals surface area (Å²) in [5, 5.41) is 0. The molecule has 142 valence electrons. The highest BCUT2D eigenvalue weighted by Gasteiger charge is 2.26. The van der Waals surface area contributed by atoms with Crippen molar-refractivity contribution in [2.24, 2.45) is 0 Å². The number of carbonyl (C=O) groups excluding carboxylic acids is 2. The Morgan fingerprint density at radius 3 is 1.96 bits per heavy atom. The third-order valence-electron chi connectivity index (χ3n) is 4.66. The molecule has 0 aliphatic rings. The lowest BCUT2D eigenvalue weighted by molar-refractivity contribution is -0.147. The minimum Gasteiger partial charge on any atom is -0.449 e. The maximum absolute atomic E-state index is 13.1. The lowest BCUT2D eigenvalue weighted by atomic mass is 9.98. The van der Waals surface area contributed by atoms with E-state index in [9.17, 15) is 9.59 Å². The number of hydrogen-bond donors (Lipinski definition) is 0. The van der Waals surface area contributed by atoms with Crippen LogP contribution in [0.15, 0.2) is 78.9 Å². The number of ether oxygens (including phenoxy) is 1. The molecule has 0 N–H and O–H groups in total. The molecular formula is C25H24O3. The molecule has 3 nitrogen and oxygen atoms in total. The number of rotatable bonds is 7. The predicted octanol–water partition coefficient (Wildman–Crippen LogP) is 5.40. The van der Waals surface area contributed by atoms with Gasteiger partial charge in [-0.05, 0) is 25.8 Å². The van der Waals surface area contributed by atoms with E-state index in [0.717, 1.165) is 16.7 Å². The minimum atomic E-state index is -0.938. The van der Waals surface area contributed by atoms with Gasteiger partial charge in [0.05, 0.1) is 0 Å². The highest BCUT2D eigenvalue weighted by atomic mass is 16.5. The number of hydrogen-bond acceptors (Lipinski definition) is 3. The summed E-state index contributed by atoms with van der Waals surface area (Å²) in [7, 11) is 0. The number of Topliss-reactive ketones (excluding diaryl/α,β-unsaturated/α-hetero) is 1. The van der Waals surface area contributed by atoms with Gasteiger partial charge in [-0.2, -0.15) is 0 Å². The van der Waals surface area contributed by atoms with Gasteiger partial charge >= 0.3 is 5.97 Å². The average Bonchev–Trinajstić information content (AvgIpc) is 2.72. The van der Waals surface area contributed by atoms with E-state index in [4.69, 9.17) is 4.74 Å². The van der Waals surface area contributed by atoms with Crippen molar-refractivity contribution in [2.75, 3.05) is 0 Å². The van der Waals surface area contributed by atoms with Crippen molar-refractivity contribution in [1.29, 1.82) is 0 Å². The largest absolute Gasteiger partial charge is 0.449 e. The van der Waals surface area contributed by atoms with Crippen molar-refractivity contribution < 1.29 is 14.3 Å².